The summed E-state index contributed by atoms with van der Waals surface area (Å²) in [4.78, 5) is 23.8. The van der Waals surface area contributed by atoms with E-state index in [0.29, 0.717) is 31.5 Å². The van der Waals surface area contributed by atoms with Gasteiger partial charge < -0.3 is 21.1 Å². The van der Waals surface area contributed by atoms with Gasteiger partial charge in [-0.05, 0) is 56.5 Å². The minimum atomic E-state index is -0.355. The summed E-state index contributed by atoms with van der Waals surface area (Å²) in [5, 5.41) is 6.47. The standard InChI is InChI=1S/C17H31N3O3.ClH/c1-12(14-3-2-6-19-11-14)9-17(22)20-15(10-16(18)21)13-4-7-23-8-5-13;/h12-15,19H,2-11H2,1H3,(H2,18,21)(H,20,22);1H. The highest BCUT2D eigenvalue weighted by molar-refractivity contribution is 5.85. The van der Waals surface area contributed by atoms with Crippen molar-refractivity contribution in [3.63, 3.8) is 0 Å². The minimum Gasteiger partial charge on any atom is -0.381 e. The summed E-state index contributed by atoms with van der Waals surface area (Å²) < 4.78 is 5.37. The number of carbonyl (C=O) groups is 2. The number of primary amides is 1. The molecule has 2 aliphatic rings. The number of nitrogens with two attached hydrogens (primary N) is 1. The maximum absolute atomic E-state index is 12.4. The highest BCUT2D eigenvalue weighted by Crippen LogP contribution is 2.24. The molecular weight excluding hydrogens is 330 g/mol. The second-order valence-corrected chi connectivity index (χ2v) is 7.08. The van der Waals surface area contributed by atoms with Crippen molar-refractivity contribution in [2.24, 2.45) is 23.5 Å². The SMILES string of the molecule is CC(CC(=O)NC(CC(N)=O)C1CCOCC1)C1CCCNC1.Cl. The minimum absolute atomic E-state index is 0. The summed E-state index contributed by atoms with van der Waals surface area (Å²) in [7, 11) is 0. The summed E-state index contributed by atoms with van der Waals surface area (Å²) in [6.45, 7) is 5.62. The van der Waals surface area contributed by atoms with Crippen molar-refractivity contribution in [2.45, 2.75) is 51.5 Å². The molecule has 3 atom stereocenters. The molecule has 0 aromatic rings. The molecule has 0 spiro atoms. The number of rotatable bonds is 7. The molecule has 2 saturated heterocycles. The van der Waals surface area contributed by atoms with Gasteiger partial charge in [0.05, 0.1) is 0 Å². The van der Waals surface area contributed by atoms with Crippen LogP contribution in [0.2, 0.25) is 0 Å². The van der Waals surface area contributed by atoms with Crippen molar-refractivity contribution in [1.82, 2.24) is 10.6 Å². The van der Waals surface area contributed by atoms with E-state index in [1.807, 2.05) is 0 Å². The van der Waals surface area contributed by atoms with Crippen molar-refractivity contribution in [2.75, 3.05) is 26.3 Å². The van der Waals surface area contributed by atoms with E-state index in [4.69, 9.17) is 10.5 Å². The second-order valence-electron chi connectivity index (χ2n) is 7.08. The first kappa shape index (κ1) is 21.2. The molecule has 4 N–H and O–H groups in total. The number of carbonyl (C=O) groups excluding carboxylic acids is 2. The molecule has 2 fully saturated rings. The molecule has 2 aliphatic heterocycles. The highest BCUT2D eigenvalue weighted by atomic mass is 35.5. The molecule has 0 bridgehead atoms. The Hall–Kier alpha value is -0.850. The van der Waals surface area contributed by atoms with Crippen LogP contribution in [0.1, 0.15) is 45.4 Å². The van der Waals surface area contributed by atoms with Gasteiger partial charge in [-0.1, -0.05) is 6.92 Å². The van der Waals surface area contributed by atoms with E-state index in [-0.39, 0.29) is 42.6 Å². The van der Waals surface area contributed by atoms with Crippen LogP contribution >= 0.6 is 12.4 Å². The van der Waals surface area contributed by atoms with Crippen LogP contribution in [-0.2, 0) is 14.3 Å². The normalized spacial score (nSPS) is 24.5. The quantitative estimate of drug-likeness (QED) is 0.635. The molecule has 0 radical (unpaired) electrons. The lowest BCUT2D eigenvalue weighted by molar-refractivity contribution is -0.124. The highest BCUT2D eigenvalue weighted by Gasteiger charge is 2.28. The molecule has 0 aromatic carbocycles. The first-order valence-corrected chi connectivity index (χ1v) is 8.92. The number of piperidine rings is 1. The van der Waals surface area contributed by atoms with Gasteiger partial charge in [-0.25, -0.2) is 0 Å². The molecule has 3 unspecified atom stereocenters. The van der Waals surface area contributed by atoms with Crippen molar-refractivity contribution in [3.8, 4) is 0 Å². The largest absolute Gasteiger partial charge is 0.381 e. The Bertz CT molecular complexity index is 397. The third-order valence-electron chi connectivity index (χ3n) is 5.25. The first-order chi connectivity index (χ1) is 11.1. The smallest absolute Gasteiger partial charge is 0.220 e. The van der Waals surface area contributed by atoms with E-state index < -0.39 is 0 Å². The first-order valence-electron chi connectivity index (χ1n) is 8.92. The molecule has 140 valence electrons. The number of hydrogen-bond donors (Lipinski definition) is 3. The van der Waals surface area contributed by atoms with Crippen molar-refractivity contribution < 1.29 is 14.3 Å². The Labute approximate surface area is 151 Å². The van der Waals surface area contributed by atoms with E-state index in [1.54, 1.807) is 0 Å². The fourth-order valence-electron chi connectivity index (χ4n) is 3.76. The third kappa shape index (κ3) is 6.95. The van der Waals surface area contributed by atoms with Gasteiger partial charge in [0.2, 0.25) is 11.8 Å². The molecule has 2 amide bonds. The van der Waals surface area contributed by atoms with Gasteiger partial charge in [0.1, 0.15) is 0 Å². The fraction of sp³-hybridized carbons (Fsp3) is 0.882. The summed E-state index contributed by atoms with van der Waals surface area (Å²) >= 11 is 0. The molecule has 24 heavy (non-hydrogen) atoms. The Morgan fingerprint density at radius 3 is 2.50 bits per heavy atom. The van der Waals surface area contributed by atoms with Crippen LogP contribution in [0.15, 0.2) is 0 Å². The molecule has 0 aromatic heterocycles. The number of nitrogens with one attached hydrogen (secondary N) is 2. The zero-order valence-corrected chi connectivity index (χ0v) is 15.4. The lowest BCUT2D eigenvalue weighted by Gasteiger charge is -2.32. The zero-order valence-electron chi connectivity index (χ0n) is 14.6. The molecule has 2 heterocycles. The average Bonchev–Trinajstić information content (AvgIpc) is 2.55. The van der Waals surface area contributed by atoms with Crippen LogP contribution in [0.3, 0.4) is 0 Å². The Balaban J connectivity index is 0.00000288. The van der Waals surface area contributed by atoms with Crippen LogP contribution in [-0.4, -0.2) is 44.2 Å². The summed E-state index contributed by atoms with van der Waals surface area (Å²) in [5.41, 5.74) is 5.36. The van der Waals surface area contributed by atoms with Gasteiger partial charge in [0.15, 0.2) is 0 Å². The van der Waals surface area contributed by atoms with Gasteiger partial charge in [-0.2, -0.15) is 0 Å². The van der Waals surface area contributed by atoms with Crippen molar-refractivity contribution in [3.05, 3.63) is 0 Å². The topological polar surface area (TPSA) is 93.5 Å². The zero-order chi connectivity index (χ0) is 16.7. The maximum Gasteiger partial charge on any atom is 0.220 e. The van der Waals surface area contributed by atoms with Gasteiger partial charge in [-0.15, -0.1) is 12.4 Å². The lowest BCUT2D eigenvalue weighted by atomic mass is 9.84. The number of halogens is 1. The van der Waals surface area contributed by atoms with E-state index in [1.165, 1.54) is 12.8 Å². The van der Waals surface area contributed by atoms with Crippen LogP contribution in [0.5, 0.6) is 0 Å². The van der Waals surface area contributed by atoms with Gasteiger partial charge >= 0.3 is 0 Å². The maximum atomic E-state index is 12.4. The number of hydrogen-bond acceptors (Lipinski definition) is 4. The molecule has 7 heteroatoms. The molecule has 2 rings (SSSR count). The summed E-state index contributed by atoms with van der Waals surface area (Å²) in [5.74, 6) is 0.887. The van der Waals surface area contributed by atoms with E-state index in [0.717, 1.165) is 25.9 Å². The van der Waals surface area contributed by atoms with E-state index in [2.05, 4.69) is 17.6 Å². The van der Waals surface area contributed by atoms with E-state index >= 15 is 0 Å². The predicted molar refractivity (Wildman–Crippen MR) is 95.9 cm³/mol. The Kier molecular flexibility index (Phi) is 9.63. The van der Waals surface area contributed by atoms with Gasteiger partial charge in [0, 0.05) is 32.1 Å². The molecule has 6 nitrogen and oxygen atoms in total. The van der Waals surface area contributed by atoms with Crippen LogP contribution in [0.25, 0.3) is 0 Å². The third-order valence-corrected chi connectivity index (χ3v) is 5.25. The Morgan fingerprint density at radius 2 is 1.92 bits per heavy atom. The molecular formula is C17H32ClN3O3. The van der Waals surface area contributed by atoms with Crippen LogP contribution in [0.4, 0.5) is 0 Å². The number of ether oxygens (including phenoxy) is 1. The van der Waals surface area contributed by atoms with Crippen LogP contribution in [0, 0.1) is 17.8 Å². The van der Waals surface area contributed by atoms with Crippen molar-refractivity contribution in [1.29, 1.82) is 0 Å². The van der Waals surface area contributed by atoms with Gasteiger partial charge in [-0.3, -0.25) is 9.59 Å². The molecule has 0 saturated carbocycles. The Morgan fingerprint density at radius 1 is 1.21 bits per heavy atom. The average molecular weight is 362 g/mol. The lowest BCUT2D eigenvalue weighted by Crippen LogP contribution is -2.45. The monoisotopic (exact) mass is 361 g/mol. The summed E-state index contributed by atoms with van der Waals surface area (Å²) in [6, 6.07) is -0.152. The van der Waals surface area contributed by atoms with E-state index in [9.17, 15) is 9.59 Å². The van der Waals surface area contributed by atoms with Gasteiger partial charge in [0.25, 0.3) is 0 Å². The predicted octanol–water partition coefficient (Wildman–Crippen LogP) is 1.22. The fourth-order valence-corrected chi connectivity index (χ4v) is 3.76. The van der Waals surface area contributed by atoms with Crippen LogP contribution < -0.4 is 16.4 Å². The second kappa shape index (κ2) is 10.9. The summed E-state index contributed by atoms with van der Waals surface area (Å²) in [6.07, 6.45) is 4.86. The van der Waals surface area contributed by atoms with Crippen molar-refractivity contribution >= 4 is 24.2 Å². The number of amides is 2. The molecule has 0 aliphatic carbocycles.